The number of hydrogen-bond donors (Lipinski definition) is 6. The summed E-state index contributed by atoms with van der Waals surface area (Å²) in [5, 5.41) is 66.1. The van der Waals surface area contributed by atoms with Crippen molar-refractivity contribution in [3.8, 4) is 18.2 Å². The summed E-state index contributed by atoms with van der Waals surface area (Å²) in [4.78, 5) is 14.3. The summed E-state index contributed by atoms with van der Waals surface area (Å²) >= 11 is 0. The predicted molar refractivity (Wildman–Crippen MR) is 156 cm³/mol. The van der Waals surface area contributed by atoms with Gasteiger partial charge in [-0.3, -0.25) is 0 Å². The van der Waals surface area contributed by atoms with Gasteiger partial charge in [-0.15, -0.1) is 0 Å². The van der Waals surface area contributed by atoms with Crippen LogP contribution >= 0.6 is 0 Å². The lowest BCUT2D eigenvalue weighted by atomic mass is 9.71. The number of rotatable bonds is 12. The minimum Gasteiger partial charge on any atom is -0.395 e. The van der Waals surface area contributed by atoms with Crippen LogP contribution in [0.3, 0.4) is 0 Å². The molecule has 0 amide bonds. The van der Waals surface area contributed by atoms with Gasteiger partial charge in [-0.25, -0.2) is 15.0 Å². The van der Waals surface area contributed by atoms with Crippen molar-refractivity contribution < 1.29 is 15.3 Å². The molecule has 216 valence electrons. The molecule has 0 saturated heterocycles. The molecule has 0 atom stereocenters. The number of hydrogen-bond acceptors (Lipinski definition) is 12. The van der Waals surface area contributed by atoms with E-state index in [0.717, 1.165) is 0 Å². The number of nitrogens with one attached hydrogen (secondary N) is 3. The summed E-state index contributed by atoms with van der Waals surface area (Å²) in [6.07, 6.45) is 1.94. The van der Waals surface area contributed by atoms with E-state index in [1.807, 2.05) is 0 Å². The number of nitrogens with zero attached hydrogens (tertiary/aromatic N) is 6. The van der Waals surface area contributed by atoms with Crippen molar-refractivity contribution in [2.24, 2.45) is 0 Å². The number of pyridine rings is 3. The van der Waals surface area contributed by atoms with Gasteiger partial charge in [0.05, 0.1) is 54.7 Å². The van der Waals surface area contributed by atoms with Crippen LogP contribution < -0.4 is 16.0 Å². The van der Waals surface area contributed by atoms with Crippen molar-refractivity contribution >= 4 is 17.5 Å². The van der Waals surface area contributed by atoms with Crippen LogP contribution in [0.15, 0.2) is 36.4 Å². The first kappa shape index (κ1) is 30.2. The highest BCUT2D eigenvalue weighted by Crippen LogP contribution is 2.47. The van der Waals surface area contributed by atoms with Crippen LogP contribution in [0.4, 0.5) is 17.5 Å². The van der Waals surface area contributed by atoms with Gasteiger partial charge >= 0.3 is 0 Å². The minimum absolute atomic E-state index is 0.0809. The fraction of sp³-hybridized carbons (Fsp3) is 0.400. The van der Waals surface area contributed by atoms with Crippen LogP contribution in [0.2, 0.25) is 0 Å². The van der Waals surface area contributed by atoms with Gasteiger partial charge in [0.1, 0.15) is 17.5 Å². The monoisotopic (exact) mass is 567 g/mol. The molecule has 12 nitrogen and oxygen atoms in total. The Hall–Kier alpha value is -4.80. The van der Waals surface area contributed by atoms with Crippen molar-refractivity contribution in [2.45, 2.75) is 37.0 Å². The summed E-state index contributed by atoms with van der Waals surface area (Å²) in [6, 6.07) is 16.8. The van der Waals surface area contributed by atoms with Gasteiger partial charge in [0, 0.05) is 54.5 Å². The van der Waals surface area contributed by atoms with Crippen LogP contribution in [0, 0.1) is 34.0 Å². The molecule has 0 radical (unpaired) electrons. The first-order chi connectivity index (χ1) is 20.5. The lowest BCUT2D eigenvalue weighted by Gasteiger charge is -2.35. The molecule has 1 aliphatic carbocycles. The Morgan fingerprint density at radius 1 is 0.548 bits per heavy atom. The van der Waals surface area contributed by atoms with Gasteiger partial charge in [0.15, 0.2) is 0 Å². The molecule has 1 fully saturated rings. The molecule has 0 aromatic carbocycles. The molecule has 3 heterocycles. The summed E-state index contributed by atoms with van der Waals surface area (Å²) < 4.78 is 0. The van der Waals surface area contributed by atoms with Crippen molar-refractivity contribution in [1.82, 2.24) is 15.0 Å². The van der Waals surface area contributed by atoms with Gasteiger partial charge in [-0.1, -0.05) is 0 Å². The highest BCUT2D eigenvalue weighted by atomic mass is 16.3. The van der Waals surface area contributed by atoms with Gasteiger partial charge < -0.3 is 31.3 Å². The Bertz CT molecular complexity index is 1320. The SMILES string of the molecule is N#Cc1cc(NCCO)nc(C2CC(c3cc(C#N)cc(NCCO)n3)CC(c3cc(C#N)cc(NCCO)n3)C2)c1. The Labute approximate surface area is 244 Å². The van der Waals surface area contributed by atoms with E-state index in [1.54, 1.807) is 36.4 Å². The maximum Gasteiger partial charge on any atom is 0.127 e. The molecule has 0 bridgehead atoms. The largest absolute Gasteiger partial charge is 0.395 e. The van der Waals surface area contributed by atoms with Crippen LogP contribution in [0.1, 0.15) is 70.8 Å². The number of aliphatic hydroxyl groups excluding tert-OH is 3. The van der Waals surface area contributed by atoms with Crippen molar-refractivity contribution in [3.05, 3.63) is 70.2 Å². The maximum atomic E-state index is 9.70. The van der Waals surface area contributed by atoms with Crippen molar-refractivity contribution in [2.75, 3.05) is 55.4 Å². The van der Waals surface area contributed by atoms with E-state index < -0.39 is 0 Å². The predicted octanol–water partition coefficient (Wildman–Crippen LogP) is 2.53. The molecule has 0 spiro atoms. The molecule has 1 aliphatic rings. The lowest BCUT2D eigenvalue weighted by Crippen LogP contribution is -2.23. The summed E-state index contributed by atoms with van der Waals surface area (Å²) in [5.74, 6) is 1.16. The molecule has 1 saturated carbocycles. The highest BCUT2D eigenvalue weighted by molar-refractivity contribution is 5.48. The van der Waals surface area contributed by atoms with E-state index in [4.69, 9.17) is 15.0 Å². The molecule has 0 aliphatic heterocycles. The number of nitriles is 3. The molecule has 42 heavy (non-hydrogen) atoms. The van der Waals surface area contributed by atoms with Crippen molar-refractivity contribution in [3.63, 3.8) is 0 Å². The second-order valence-electron chi connectivity index (χ2n) is 10.1. The third-order valence-corrected chi connectivity index (χ3v) is 7.14. The molecule has 4 rings (SSSR count). The number of anilines is 3. The first-order valence-electron chi connectivity index (χ1n) is 13.8. The van der Waals surface area contributed by atoms with E-state index >= 15 is 0 Å². The van der Waals surface area contributed by atoms with E-state index in [0.29, 0.717) is 90.1 Å². The smallest absolute Gasteiger partial charge is 0.127 e. The van der Waals surface area contributed by atoms with Gasteiger partial charge in [0.25, 0.3) is 0 Å². The molecule has 0 unspecified atom stereocenters. The molecule has 6 N–H and O–H groups in total. The number of aromatic nitrogens is 3. The molecule has 3 aromatic heterocycles. The van der Waals surface area contributed by atoms with Crippen molar-refractivity contribution in [1.29, 1.82) is 15.8 Å². The normalized spacial score (nSPS) is 17.9. The molecular weight excluding hydrogens is 534 g/mol. The fourth-order valence-corrected chi connectivity index (χ4v) is 5.34. The van der Waals surface area contributed by atoms with E-state index in [9.17, 15) is 31.1 Å². The summed E-state index contributed by atoms with van der Waals surface area (Å²) in [5.41, 5.74) is 3.48. The second kappa shape index (κ2) is 14.7. The molecular formula is C30H33N9O3. The fourth-order valence-electron chi connectivity index (χ4n) is 5.34. The average Bonchev–Trinajstić information content (AvgIpc) is 3.04. The third kappa shape index (κ3) is 7.68. The maximum absolute atomic E-state index is 9.70. The highest BCUT2D eigenvalue weighted by Gasteiger charge is 2.34. The average molecular weight is 568 g/mol. The van der Waals surface area contributed by atoms with Gasteiger partial charge in [-0.2, -0.15) is 15.8 Å². The van der Waals surface area contributed by atoms with Crippen LogP contribution in [-0.4, -0.2) is 69.7 Å². The standard InChI is InChI=1S/C30H33N9O3/c31-16-19-7-25(37-28(10-19)34-1-4-40)22-13-23(26-8-20(17-32)11-29(38-26)35-2-5-41)15-24(14-22)27-9-21(18-33)12-30(39-27)36-3-6-42/h7-12,22-24,40-42H,1-6,13-15H2,(H,34,37)(H,35,38)(H,36,39). The minimum atomic E-state index is -0.112. The van der Waals surface area contributed by atoms with E-state index in [2.05, 4.69) is 34.2 Å². The van der Waals surface area contributed by atoms with Gasteiger partial charge in [0.2, 0.25) is 0 Å². The number of aliphatic hydroxyl groups is 3. The topological polar surface area (TPSA) is 207 Å². The summed E-state index contributed by atoms with van der Waals surface area (Å²) in [7, 11) is 0. The Morgan fingerprint density at radius 2 is 0.833 bits per heavy atom. The zero-order valence-corrected chi connectivity index (χ0v) is 23.1. The zero-order chi connectivity index (χ0) is 29.9. The van der Waals surface area contributed by atoms with Crippen LogP contribution in [0.25, 0.3) is 0 Å². The van der Waals surface area contributed by atoms with E-state index in [1.165, 1.54) is 0 Å². The third-order valence-electron chi connectivity index (χ3n) is 7.14. The second-order valence-corrected chi connectivity index (χ2v) is 10.1. The lowest BCUT2D eigenvalue weighted by molar-refractivity contribution is 0.310. The zero-order valence-electron chi connectivity index (χ0n) is 23.1. The Kier molecular flexibility index (Phi) is 10.6. The first-order valence-corrected chi connectivity index (χ1v) is 13.8. The Balaban J connectivity index is 1.78. The Morgan fingerprint density at radius 3 is 1.07 bits per heavy atom. The van der Waals surface area contributed by atoms with Gasteiger partial charge in [-0.05, 0) is 55.7 Å². The molecule has 12 heteroatoms. The summed E-state index contributed by atoms with van der Waals surface area (Å²) in [6.45, 7) is 0.633. The van der Waals surface area contributed by atoms with Crippen LogP contribution in [0.5, 0.6) is 0 Å². The quantitative estimate of drug-likeness (QED) is 0.187. The van der Waals surface area contributed by atoms with Crippen LogP contribution in [-0.2, 0) is 0 Å². The van der Waals surface area contributed by atoms with E-state index in [-0.39, 0.29) is 37.6 Å². The molecule has 3 aromatic rings.